The van der Waals surface area contributed by atoms with Gasteiger partial charge in [0.1, 0.15) is 0 Å². The van der Waals surface area contributed by atoms with Crippen molar-refractivity contribution in [2.24, 2.45) is 0 Å². The van der Waals surface area contributed by atoms with Crippen LogP contribution in [0.4, 0.5) is 11.4 Å². The van der Waals surface area contributed by atoms with Crippen LogP contribution in [0.2, 0.25) is 0 Å². The zero-order valence-corrected chi connectivity index (χ0v) is 14.9. The van der Waals surface area contributed by atoms with Crippen molar-refractivity contribution in [1.29, 1.82) is 0 Å². The van der Waals surface area contributed by atoms with Crippen LogP contribution in [0.25, 0.3) is 0 Å². The first-order valence-corrected chi connectivity index (χ1v) is 7.95. The summed E-state index contributed by atoms with van der Waals surface area (Å²) in [5.74, 6) is -0.165. The molecule has 3 N–H and O–H groups in total. The van der Waals surface area contributed by atoms with Crippen LogP contribution in [0.5, 0.6) is 0 Å². The highest BCUT2D eigenvalue weighted by molar-refractivity contribution is 14.1. The van der Waals surface area contributed by atoms with Gasteiger partial charge >= 0.3 is 0 Å². The molecule has 0 heterocycles. The molecule has 0 spiro atoms. The normalized spacial score (nSPS) is 10.3. The molecule has 0 aliphatic carbocycles. The van der Waals surface area contributed by atoms with Crippen LogP contribution in [0.15, 0.2) is 45.3 Å². The summed E-state index contributed by atoms with van der Waals surface area (Å²) in [6, 6.07) is 10.9. The number of carbonyl (C=O) groups excluding carboxylic acids is 1. The Bertz CT molecular complexity index is 647. The Hall–Kier alpha value is -0.600. The highest BCUT2D eigenvalue weighted by Crippen LogP contribution is 2.25. The maximum Gasteiger partial charge on any atom is 0.256 e. The van der Waals surface area contributed by atoms with Gasteiger partial charge in [-0.15, -0.1) is 0 Å². The molecule has 0 atom stereocenters. The second-order valence-corrected chi connectivity index (χ2v) is 6.77. The first-order valence-electron chi connectivity index (χ1n) is 5.29. The highest BCUT2D eigenvalue weighted by Gasteiger charge is 2.11. The molecule has 2 rings (SSSR count). The standard InChI is InChI=1S/C13H9Br2IN2O/c14-10-3-1-7(16)5-9(10)13(19)18-8-2-4-12(17)11(15)6-8/h1-6H,17H2,(H,18,19). The van der Waals surface area contributed by atoms with E-state index >= 15 is 0 Å². The molecule has 0 unspecified atom stereocenters. The quantitative estimate of drug-likeness (QED) is 0.471. The summed E-state index contributed by atoms with van der Waals surface area (Å²) in [5, 5.41) is 2.84. The lowest BCUT2D eigenvalue weighted by atomic mass is 10.2. The summed E-state index contributed by atoms with van der Waals surface area (Å²) < 4.78 is 2.52. The van der Waals surface area contributed by atoms with Crippen molar-refractivity contribution in [3.8, 4) is 0 Å². The van der Waals surface area contributed by atoms with E-state index in [4.69, 9.17) is 5.73 Å². The maximum atomic E-state index is 12.2. The number of rotatable bonds is 2. The second-order valence-electron chi connectivity index (χ2n) is 3.81. The molecule has 98 valence electrons. The predicted octanol–water partition coefficient (Wildman–Crippen LogP) is 4.65. The van der Waals surface area contributed by atoms with Crippen LogP contribution in [0, 0.1) is 3.57 Å². The van der Waals surface area contributed by atoms with Gasteiger partial charge in [0, 0.05) is 23.9 Å². The smallest absolute Gasteiger partial charge is 0.256 e. The summed E-state index contributed by atoms with van der Waals surface area (Å²) >= 11 is 8.88. The Morgan fingerprint density at radius 1 is 1.11 bits per heavy atom. The fraction of sp³-hybridized carbons (Fsp3) is 0. The number of nitrogens with two attached hydrogens (primary N) is 1. The molecule has 0 aliphatic rings. The molecule has 0 fully saturated rings. The number of anilines is 2. The van der Waals surface area contributed by atoms with Gasteiger partial charge in [0.05, 0.1) is 5.56 Å². The van der Waals surface area contributed by atoms with E-state index in [9.17, 15) is 4.79 Å². The van der Waals surface area contributed by atoms with Crippen LogP contribution < -0.4 is 11.1 Å². The minimum Gasteiger partial charge on any atom is -0.398 e. The molecule has 1 amide bonds. The first-order chi connectivity index (χ1) is 8.97. The maximum absolute atomic E-state index is 12.2. The molecule has 0 radical (unpaired) electrons. The van der Waals surface area contributed by atoms with E-state index in [1.165, 1.54) is 0 Å². The van der Waals surface area contributed by atoms with Crippen molar-refractivity contribution < 1.29 is 4.79 Å². The molecule has 2 aromatic carbocycles. The number of nitrogen functional groups attached to an aromatic ring is 1. The topological polar surface area (TPSA) is 55.1 Å². The molecule has 0 aliphatic heterocycles. The summed E-state index contributed by atoms with van der Waals surface area (Å²) in [6.45, 7) is 0. The van der Waals surface area contributed by atoms with Crippen LogP contribution in [-0.2, 0) is 0 Å². The monoisotopic (exact) mass is 494 g/mol. The van der Waals surface area contributed by atoms with Gasteiger partial charge in [0.25, 0.3) is 5.91 Å². The third kappa shape index (κ3) is 3.70. The molecule has 3 nitrogen and oxygen atoms in total. The SMILES string of the molecule is Nc1ccc(NC(=O)c2cc(I)ccc2Br)cc1Br. The third-order valence-electron chi connectivity index (χ3n) is 2.43. The van der Waals surface area contributed by atoms with Crippen LogP contribution in [0.3, 0.4) is 0 Å². The van der Waals surface area contributed by atoms with Crippen molar-refractivity contribution >= 4 is 71.7 Å². The first kappa shape index (κ1) is 14.8. The number of hydrogen-bond donors (Lipinski definition) is 2. The number of halogens is 3. The molecule has 19 heavy (non-hydrogen) atoms. The van der Waals surface area contributed by atoms with E-state index in [1.54, 1.807) is 18.2 Å². The van der Waals surface area contributed by atoms with Gasteiger partial charge in [-0.25, -0.2) is 0 Å². The molecular formula is C13H9Br2IN2O. The third-order valence-corrected chi connectivity index (χ3v) is 4.48. The Labute approximate surface area is 141 Å². The number of carbonyl (C=O) groups is 1. The van der Waals surface area contributed by atoms with Gasteiger partial charge in [0.2, 0.25) is 0 Å². The molecule has 2 aromatic rings. The number of amides is 1. The van der Waals surface area contributed by atoms with E-state index in [-0.39, 0.29) is 5.91 Å². The minimum absolute atomic E-state index is 0.165. The zero-order chi connectivity index (χ0) is 14.0. The van der Waals surface area contributed by atoms with E-state index in [0.717, 1.165) is 12.5 Å². The molecular weight excluding hydrogens is 487 g/mol. The Balaban J connectivity index is 2.25. The lowest BCUT2D eigenvalue weighted by molar-refractivity contribution is 0.102. The molecule has 0 aromatic heterocycles. The number of nitrogens with one attached hydrogen (secondary N) is 1. The van der Waals surface area contributed by atoms with Crippen molar-refractivity contribution in [1.82, 2.24) is 0 Å². The van der Waals surface area contributed by atoms with E-state index in [1.807, 2.05) is 18.2 Å². The molecule has 6 heteroatoms. The summed E-state index contributed by atoms with van der Waals surface area (Å²) in [6.07, 6.45) is 0. The summed E-state index contributed by atoms with van der Waals surface area (Å²) in [7, 11) is 0. The lowest BCUT2D eigenvalue weighted by Gasteiger charge is -2.08. The predicted molar refractivity (Wildman–Crippen MR) is 93.4 cm³/mol. The van der Waals surface area contributed by atoms with Crippen LogP contribution in [-0.4, -0.2) is 5.91 Å². The average molecular weight is 496 g/mol. The summed E-state index contributed by atoms with van der Waals surface area (Å²) in [4.78, 5) is 12.2. The average Bonchev–Trinajstić information content (AvgIpc) is 2.36. The van der Waals surface area contributed by atoms with Gasteiger partial charge < -0.3 is 11.1 Å². The largest absolute Gasteiger partial charge is 0.398 e. The van der Waals surface area contributed by atoms with Crippen molar-refractivity contribution in [3.05, 3.63) is 54.5 Å². The van der Waals surface area contributed by atoms with Crippen molar-refractivity contribution in [3.63, 3.8) is 0 Å². The molecule has 0 bridgehead atoms. The van der Waals surface area contributed by atoms with E-state index < -0.39 is 0 Å². The lowest BCUT2D eigenvalue weighted by Crippen LogP contribution is -2.12. The van der Waals surface area contributed by atoms with Gasteiger partial charge in [-0.2, -0.15) is 0 Å². The fourth-order valence-corrected chi connectivity index (χ4v) is 2.77. The fourth-order valence-electron chi connectivity index (χ4n) is 1.47. The highest BCUT2D eigenvalue weighted by atomic mass is 127. The van der Waals surface area contributed by atoms with Crippen LogP contribution >= 0.6 is 54.5 Å². The second kappa shape index (κ2) is 6.23. The Morgan fingerprint density at radius 2 is 1.84 bits per heavy atom. The van der Waals surface area contributed by atoms with Crippen molar-refractivity contribution in [2.75, 3.05) is 11.1 Å². The van der Waals surface area contributed by atoms with E-state index in [2.05, 4.69) is 59.8 Å². The Kier molecular flexibility index (Phi) is 4.86. The number of benzene rings is 2. The Morgan fingerprint density at radius 3 is 2.53 bits per heavy atom. The van der Waals surface area contributed by atoms with E-state index in [0.29, 0.717) is 16.9 Å². The van der Waals surface area contributed by atoms with Crippen LogP contribution in [0.1, 0.15) is 10.4 Å². The van der Waals surface area contributed by atoms with Crippen molar-refractivity contribution in [2.45, 2.75) is 0 Å². The van der Waals surface area contributed by atoms with Gasteiger partial charge in [-0.05, 0) is 90.8 Å². The van der Waals surface area contributed by atoms with Gasteiger partial charge in [0.15, 0.2) is 0 Å². The molecule has 0 saturated heterocycles. The van der Waals surface area contributed by atoms with Gasteiger partial charge in [-0.3, -0.25) is 4.79 Å². The molecule has 0 saturated carbocycles. The summed E-state index contributed by atoms with van der Waals surface area (Å²) in [5.41, 5.74) is 7.63. The van der Waals surface area contributed by atoms with Gasteiger partial charge in [-0.1, -0.05) is 0 Å². The minimum atomic E-state index is -0.165. The zero-order valence-electron chi connectivity index (χ0n) is 9.58. The number of hydrogen-bond acceptors (Lipinski definition) is 2.